The Kier molecular flexibility index (Phi) is 5.22. The highest BCUT2D eigenvalue weighted by atomic mass is 19.4. The SMILES string of the molecule is CCOC(=O)c1cn(Cc2ccc(F)cc2)c2cc(C(F)(F)F)ccc2c1=O. The molecule has 0 spiro atoms. The van der Waals surface area contributed by atoms with E-state index < -0.39 is 29.0 Å². The largest absolute Gasteiger partial charge is 0.462 e. The normalized spacial score (nSPS) is 11.6. The van der Waals surface area contributed by atoms with Gasteiger partial charge in [0, 0.05) is 18.1 Å². The first-order valence-corrected chi connectivity index (χ1v) is 8.36. The van der Waals surface area contributed by atoms with E-state index in [0.717, 1.165) is 18.2 Å². The van der Waals surface area contributed by atoms with Crippen molar-refractivity contribution in [2.24, 2.45) is 0 Å². The van der Waals surface area contributed by atoms with Crippen molar-refractivity contribution in [2.45, 2.75) is 19.6 Å². The summed E-state index contributed by atoms with van der Waals surface area (Å²) in [5.41, 5.74) is -1.32. The van der Waals surface area contributed by atoms with Crippen molar-refractivity contribution >= 4 is 16.9 Å². The molecule has 1 heterocycles. The number of hydrogen-bond acceptors (Lipinski definition) is 3. The van der Waals surface area contributed by atoms with Crippen LogP contribution in [0.2, 0.25) is 0 Å². The zero-order chi connectivity index (χ0) is 20.5. The van der Waals surface area contributed by atoms with Gasteiger partial charge in [-0.25, -0.2) is 9.18 Å². The Morgan fingerprint density at radius 1 is 1.11 bits per heavy atom. The second-order valence-corrected chi connectivity index (χ2v) is 6.08. The molecule has 0 saturated carbocycles. The van der Waals surface area contributed by atoms with Gasteiger partial charge >= 0.3 is 12.1 Å². The number of halogens is 4. The van der Waals surface area contributed by atoms with E-state index >= 15 is 0 Å². The number of rotatable bonds is 4. The number of ether oxygens (including phenoxy) is 1. The molecular formula is C20H15F4NO3. The Labute approximate surface area is 157 Å². The van der Waals surface area contributed by atoms with Crippen molar-refractivity contribution in [1.82, 2.24) is 4.57 Å². The highest BCUT2D eigenvalue weighted by molar-refractivity contribution is 5.94. The predicted octanol–water partition coefficient (Wildman–Crippen LogP) is 4.38. The van der Waals surface area contributed by atoms with Crippen LogP contribution in [0.1, 0.15) is 28.4 Å². The van der Waals surface area contributed by atoms with Gasteiger partial charge in [0.25, 0.3) is 0 Å². The molecule has 0 atom stereocenters. The lowest BCUT2D eigenvalue weighted by Crippen LogP contribution is -2.21. The Bertz CT molecular complexity index is 1090. The molecule has 0 bridgehead atoms. The molecule has 4 nitrogen and oxygen atoms in total. The van der Waals surface area contributed by atoms with E-state index in [1.54, 1.807) is 6.92 Å². The Balaban J connectivity index is 2.23. The third-order valence-corrected chi connectivity index (χ3v) is 4.17. The molecule has 0 aliphatic rings. The molecule has 28 heavy (non-hydrogen) atoms. The average molecular weight is 393 g/mol. The van der Waals surface area contributed by atoms with Crippen molar-refractivity contribution in [3.8, 4) is 0 Å². The molecule has 0 unspecified atom stereocenters. The molecule has 0 N–H and O–H groups in total. The summed E-state index contributed by atoms with van der Waals surface area (Å²) >= 11 is 0. The summed E-state index contributed by atoms with van der Waals surface area (Å²) in [6.45, 7) is 1.65. The van der Waals surface area contributed by atoms with Crippen LogP contribution >= 0.6 is 0 Å². The maximum Gasteiger partial charge on any atom is 0.416 e. The first kappa shape index (κ1) is 19.6. The number of esters is 1. The lowest BCUT2D eigenvalue weighted by atomic mass is 10.1. The maximum absolute atomic E-state index is 13.1. The average Bonchev–Trinajstić information content (AvgIpc) is 2.64. The molecule has 8 heteroatoms. The summed E-state index contributed by atoms with van der Waals surface area (Å²) < 4.78 is 58.7. The molecule has 1 aromatic heterocycles. The number of fused-ring (bicyclic) bond motifs is 1. The molecule has 146 valence electrons. The number of nitrogens with zero attached hydrogens (tertiary/aromatic N) is 1. The van der Waals surface area contributed by atoms with Crippen LogP contribution in [0.4, 0.5) is 17.6 Å². The second-order valence-electron chi connectivity index (χ2n) is 6.08. The standard InChI is InChI=1S/C20H15F4NO3/c1-2-28-19(27)16-11-25(10-12-3-6-14(21)7-4-12)17-9-13(20(22,23)24)5-8-15(17)18(16)26/h3-9,11H,2,10H2,1H3. The highest BCUT2D eigenvalue weighted by Gasteiger charge is 2.31. The Hall–Kier alpha value is -3.16. The summed E-state index contributed by atoms with van der Waals surface area (Å²) in [6, 6.07) is 8.06. The van der Waals surface area contributed by atoms with Crippen LogP contribution in [0.5, 0.6) is 0 Å². The van der Waals surface area contributed by atoms with E-state index in [2.05, 4.69) is 0 Å². The minimum Gasteiger partial charge on any atom is -0.462 e. The van der Waals surface area contributed by atoms with Gasteiger partial charge in [0.2, 0.25) is 5.43 Å². The molecule has 0 aliphatic carbocycles. The number of alkyl halides is 3. The summed E-state index contributed by atoms with van der Waals surface area (Å²) in [7, 11) is 0. The number of pyridine rings is 1. The monoisotopic (exact) mass is 393 g/mol. The van der Waals surface area contributed by atoms with Gasteiger partial charge < -0.3 is 9.30 Å². The summed E-state index contributed by atoms with van der Waals surface area (Å²) in [5, 5.41) is -0.0411. The van der Waals surface area contributed by atoms with E-state index in [4.69, 9.17) is 4.74 Å². The van der Waals surface area contributed by atoms with E-state index in [9.17, 15) is 27.2 Å². The Morgan fingerprint density at radius 3 is 2.39 bits per heavy atom. The van der Waals surface area contributed by atoms with Crippen molar-refractivity contribution < 1.29 is 27.1 Å². The molecule has 3 aromatic rings. The Morgan fingerprint density at radius 2 is 1.79 bits per heavy atom. The molecule has 0 fully saturated rings. The van der Waals surface area contributed by atoms with Gasteiger partial charge in [-0.2, -0.15) is 13.2 Å². The fourth-order valence-electron chi connectivity index (χ4n) is 2.84. The topological polar surface area (TPSA) is 48.3 Å². The molecule has 3 rings (SSSR count). The molecule has 0 amide bonds. The smallest absolute Gasteiger partial charge is 0.416 e. The lowest BCUT2D eigenvalue weighted by molar-refractivity contribution is -0.137. The number of hydrogen-bond donors (Lipinski definition) is 0. The van der Waals surface area contributed by atoms with E-state index in [1.807, 2.05) is 0 Å². The zero-order valence-corrected chi connectivity index (χ0v) is 14.7. The lowest BCUT2D eigenvalue weighted by Gasteiger charge is -2.15. The predicted molar refractivity (Wildman–Crippen MR) is 94.7 cm³/mol. The van der Waals surface area contributed by atoms with Gasteiger partial charge in [0.1, 0.15) is 11.4 Å². The maximum atomic E-state index is 13.1. The summed E-state index contributed by atoms with van der Waals surface area (Å²) in [6.07, 6.45) is -3.42. The molecule has 2 aromatic carbocycles. The van der Waals surface area contributed by atoms with Crippen LogP contribution in [0.25, 0.3) is 10.9 Å². The fourth-order valence-corrected chi connectivity index (χ4v) is 2.84. The van der Waals surface area contributed by atoms with Crippen LogP contribution in [-0.4, -0.2) is 17.1 Å². The van der Waals surface area contributed by atoms with Crippen molar-refractivity contribution in [3.63, 3.8) is 0 Å². The van der Waals surface area contributed by atoms with E-state index in [-0.39, 0.29) is 29.6 Å². The molecule has 0 radical (unpaired) electrons. The summed E-state index contributed by atoms with van der Waals surface area (Å²) in [5.74, 6) is -1.32. The minimum atomic E-state index is -4.59. The summed E-state index contributed by atoms with van der Waals surface area (Å²) in [4.78, 5) is 24.7. The van der Waals surface area contributed by atoms with Crippen LogP contribution in [0.15, 0.2) is 53.5 Å². The van der Waals surface area contributed by atoms with Crippen molar-refractivity contribution in [3.05, 3.63) is 81.4 Å². The van der Waals surface area contributed by atoms with Crippen molar-refractivity contribution in [2.75, 3.05) is 6.61 Å². The van der Waals surface area contributed by atoms with Gasteiger partial charge in [-0.3, -0.25) is 4.79 Å². The second kappa shape index (κ2) is 7.46. The fraction of sp³-hybridized carbons (Fsp3) is 0.200. The minimum absolute atomic E-state index is 0.0113. The van der Waals surface area contributed by atoms with Gasteiger partial charge in [-0.05, 0) is 42.8 Å². The van der Waals surface area contributed by atoms with E-state index in [1.165, 1.54) is 35.0 Å². The first-order valence-electron chi connectivity index (χ1n) is 8.36. The van der Waals surface area contributed by atoms with Gasteiger partial charge in [0.15, 0.2) is 0 Å². The molecular weight excluding hydrogens is 378 g/mol. The van der Waals surface area contributed by atoms with Crippen LogP contribution in [0, 0.1) is 5.82 Å². The van der Waals surface area contributed by atoms with Crippen molar-refractivity contribution in [1.29, 1.82) is 0 Å². The highest BCUT2D eigenvalue weighted by Crippen LogP contribution is 2.31. The van der Waals surface area contributed by atoms with Crippen LogP contribution in [-0.2, 0) is 17.5 Å². The number of benzene rings is 2. The zero-order valence-electron chi connectivity index (χ0n) is 14.7. The van der Waals surface area contributed by atoms with Crippen LogP contribution < -0.4 is 5.43 Å². The number of aromatic nitrogens is 1. The first-order chi connectivity index (χ1) is 13.2. The van der Waals surface area contributed by atoms with Gasteiger partial charge in [-0.1, -0.05) is 12.1 Å². The third-order valence-electron chi connectivity index (χ3n) is 4.17. The number of carbonyl (C=O) groups excluding carboxylic acids is 1. The van der Waals surface area contributed by atoms with Crippen LogP contribution in [0.3, 0.4) is 0 Å². The molecule has 0 aliphatic heterocycles. The van der Waals surface area contributed by atoms with E-state index in [0.29, 0.717) is 5.56 Å². The molecule has 0 saturated heterocycles. The van der Waals surface area contributed by atoms with Gasteiger partial charge in [-0.15, -0.1) is 0 Å². The third kappa shape index (κ3) is 3.90. The van der Waals surface area contributed by atoms with Gasteiger partial charge in [0.05, 0.1) is 17.7 Å². The number of carbonyl (C=O) groups is 1. The quantitative estimate of drug-likeness (QED) is 0.488.